The van der Waals surface area contributed by atoms with Gasteiger partial charge in [0.15, 0.2) is 6.10 Å². The number of carbonyl (C=O) groups is 1. The Hall–Kier alpha value is -3.58. The fourth-order valence-electron chi connectivity index (χ4n) is 3.48. The predicted octanol–water partition coefficient (Wildman–Crippen LogP) is 2.21. The van der Waals surface area contributed by atoms with Crippen molar-refractivity contribution in [1.82, 2.24) is 10.3 Å². The topological polar surface area (TPSA) is 123 Å². The van der Waals surface area contributed by atoms with Gasteiger partial charge in [0.25, 0.3) is 11.9 Å². The summed E-state index contributed by atoms with van der Waals surface area (Å²) in [5.74, 6) is -1.22. The Morgan fingerprint density at radius 2 is 2.29 bits per heavy atom. The standard InChI is InChI=1S/C21H21F2N5O3/c1-12(27-19(29)16-6-4-14(10-24)11-26-16)3-5-15(23)13(2)21-7-8-30-18(21)17(9-22)31-20(25)28-21/h3-6,11,17-18H,2,7-9H2,1H3,(H2,25,28)(H,27,29)/b12-3+,15-5+/t17-,18+,21-/m1/s1. The smallest absolute Gasteiger partial charge is 0.283 e. The van der Waals surface area contributed by atoms with Gasteiger partial charge in [-0.05, 0) is 31.2 Å². The third kappa shape index (κ3) is 4.46. The Labute approximate surface area is 177 Å². The lowest BCUT2D eigenvalue weighted by Gasteiger charge is -2.38. The number of amides is 1. The van der Waals surface area contributed by atoms with Crippen molar-refractivity contribution in [2.75, 3.05) is 13.3 Å². The number of rotatable bonds is 6. The minimum Gasteiger partial charge on any atom is -0.456 e. The summed E-state index contributed by atoms with van der Waals surface area (Å²) in [6.45, 7) is 4.73. The van der Waals surface area contributed by atoms with Crippen LogP contribution in [-0.4, -0.2) is 47.9 Å². The number of nitriles is 1. The van der Waals surface area contributed by atoms with Crippen molar-refractivity contribution in [3.63, 3.8) is 0 Å². The Morgan fingerprint density at radius 3 is 2.94 bits per heavy atom. The zero-order valence-corrected chi connectivity index (χ0v) is 16.8. The third-order valence-electron chi connectivity index (χ3n) is 5.05. The van der Waals surface area contributed by atoms with E-state index in [1.54, 1.807) is 6.92 Å². The molecule has 3 rings (SSSR count). The Bertz CT molecular complexity index is 1010. The highest BCUT2D eigenvalue weighted by molar-refractivity contribution is 5.93. The summed E-state index contributed by atoms with van der Waals surface area (Å²) in [7, 11) is 0. The van der Waals surface area contributed by atoms with Crippen LogP contribution < -0.4 is 11.1 Å². The van der Waals surface area contributed by atoms with E-state index in [1.165, 1.54) is 24.4 Å². The maximum absolute atomic E-state index is 14.9. The van der Waals surface area contributed by atoms with E-state index in [0.717, 1.165) is 6.08 Å². The van der Waals surface area contributed by atoms with E-state index in [-0.39, 0.29) is 30.3 Å². The highest BCUT2D eigenvalue weighted by atomic mass is 19.1. The molecule has 0 aliphatic carbocycles. The first-order chi connectivity index (χ1) is 14.8. The van der Waals surface area contributed by atoms with Crippen LogP contribution in [0.5, 0.6) is 0 Å². The summed E-state index contributed by atoms with van der Waals surface area (Å²) >= 11 is 0. The monoisotopic (exact) mass is 429 g/mol. The lowest BCUT2D eigenvalue weighted by atomic mass is 9.80. The van der Waals surface area contributed by atoms with E-state index in [1.807, 2.05) is 6.07 Å². The molecule has 0 radical (unpaired) electrons. The van der Waals surface area contributed by atoms with Crippen molar-refractivity contribution in [3.8, 4) is 6.07 Å². The molecule has 1 aromatic rings. The molecule has 2 aliphatic rings. The van der Waals surface area contributed by atoms with Gasteiger partial charge in [-0.15, -0.1) is 0 Å². The first-order valence-corrected chi connectivity index (χ1v) is 9.41. The van der Waals surface area contributed by atoms with Crippen LogP contribution in [-0.2, 0) is 9.47 Å². The number of nitrogens with zero attached hydrogens (tertiary/aromatic N) is 3. The second-order valence-corrected chi connectivity index (χ2v) is 7.07. The largest absolute Gasteiger partial charge is 0.456 e. The third-order valence-corrected chi connectivity index (χ3v) is 5.05. The molecule has 0 spiro atoms. The number of aromatic nitrogens is 1. The van der Waals surface area contributed by atoms with Crippen LogP contribution in [0.2, 0.25) is 0 Å². The normalized spacial score (nSPS) is 25.7. The summed E-state index contributed by atoms with van der Waals surface area (Å²) in [5, 5.41) is 11.3. The van der Waals surface area contributed by atoms with Crippen LogP contribution in [0.4, 0.5) is 8.78 Å². The minimum atomic E-state index is -1.25. The number of hydrogen-bond donors (Lipinski definition) is 2. The van der Waals surface area contributed by atoms with Gasteiger partial charge in [0, 0.05) is 23.9 Å². The average molecular weight is 429 g/mol. The predicted molar refractivity (Wildman–Crippen MR) is 108 cm³/mol. The van der Waals surface area contributed by atoms with Gasteiger partial charge in [-0.25, -0.2) is 18.8 Å². The molecule has 0 saturated carbocycles. The first-order valence-electron chi connectivity index (χ1n) is 9.41. The van der Waals surface area contributed by atoms with Crippen molar-refractivity contribution < 1.29 is 23.0 Å². The summed E-state index contributed by atoms with van der Waals surface area (Å²) in [4.78, 5) is 20.3. The Balaban J connectivity index is 1.74. The van der Waals surface area contributed by atoms with Crippen LogP contribution in [0.15, 0.2) is 59.1 Å². The SMILES string of the molecule is C=C(/C(F)=C\C=C(/C)NC(=O)c1ccc(C#N)cn1)[C@]12CCO[C@H]1[C@@H](CF)OC(N)=N2. The molecule has 0 bridgehead atoms. The number of hydrogen-bond acceptors (Lipinski definition) is 7. The molecule has 8 nitrogen and oxygen atoms in total. The van der Waals surface area contributed by atoms with E-state index < -0.39 is 36.2 Å². The van der Waals surface area contributed by atoms with Gasteiger partial charge < -0.3 is 20.5 Å². The van der Waals surface area contributed by atoms with Gasteiger partial charge in [-0.3, -0.25) is 4.79 Å². The molecule has 1 aromatic heterocycles. The first kappa shape index (κ1) is 22.1. The highest BCUT2D eigenvalue weighted by Crippen LogP contribution is 2.43. The van der Waals surface area contributed by atoms with Crippen molar-refractivity contribution in [2.24, 2.45) is 10.7 Å². The van der Waals surface area contributed by atoms with Crippen molar-refractivity contribution in [3.05, 3.63) is 65.4 Å². The zero-order chi connectivity index (χ0) is 22.6. The molecule has 0 unspecified atom stereocenters. The van der Waals surface area contributed by atoms with Crippen LogP contribution in [0.25, 0.3) is 0 Å². The molecule has 3 atom stereocenters. The molecule has 3 N–H and O–H groups in total. The number of allylic oxidation sites excluding steroid dienone is 3. The van der Waals surface area contributed by atoms with Gasteiger partial charge in [-0.2, -0.15) is 5.26 Å². The van der Waals surface area contributed by atoms with E-state index in [0.29, 0.717) is 11.3 Å². The number of alkyl halides is 1. The summed E-state index contributed by atoms with van der Waals surface area (Å²) < 4.78 is 39.0. The number of ether oxygens (including phenoxy) is 2. The molecular formula is C21H21F2N5O3. The van der Waals surface area contributed by atoms with E-state index >= 15 is 0 Å². The molecular weight excluding hydrogens is 408 g/mol. The van der Waals surface area contributed by atoms with Gasteiger partial charge >= 0.3 is 0 Å². The number of carbonyl (C=O) groups excluding carboxylic acids is 1. The highest BCUT2D eigenvalue weighted by Gasteiger charge is 2.54. The molecule has 3 heterocycles. The van der Waals surface area contributed by atoms with Crippen LogP contribution in [0.3, 0.4) is 0 Å². The van der Waals surface area contributed by atoms with Crippen LogP contribution in [0.1, 0.15) is 29.4 Å². The maximum Gasteiger partial charge on any atom is 0.283 e. The molecule has 10 heteroatoms. The van der Waals surface area contributed by atoms with Gasteiger partial charge in [-0.1, -0.05) is 6.58 Å². The van der Waals surface area contributed by atoms with Crippen LogP contribution in [0, 0.1) is 11.3 Å². The number of aliphatic imine (C=N–C) groups is 1. The molecule has 162 valence electrons. The summed E-state index contributed by atoms with van der Waals surface area (Å²) in [5.41, 5.74) is 5.18. The number of nitrogens with two attached hydrogens (primary N) is 1. The van der Waals surface area contributed by atoms with E-state index in [2.05, 4.69) is 21.9 Å². The fraction of sp³-hybridized carbons (Fsp3) is 0.333. The van der Waals surface area contributed by atoms with Crippen LogP contribution >= 0.6 is 0 Å². The fourth-order valence-corrected chi connectivity index (χ4v) is 3.48. The molecule has 1 amide bonds. The van der Waals surface area contributed by atoms with Crippen molar-refractivity contribution in [1.29, 1.82) is 5.26 Å². The number of pyridine rings is 1. The van der Waals surface area contributed by atoms with E-state index in [4.69, 9.17) is 20.5 Å². The van der Waals surface area contributed by atoms with Crippen molar-refractivity contribution >= 4 is 11.9 Å². The second-order valence-electron chi connectivity index (χ2n) is 7.07. The molecule has 31 heavy (non-hydrogen) atoms. The number of halogens is 2. The Kier molecular flexibility index (Phi) is 6.46. The molecule has 1 saturated heterocycles. The number of fused-ring (bicyclic) bond motifs is 1. The Morgan fingerprint density at radius 1 is 1.52 bits per heavy atom. The zero-order valence-electron chi connectivity index (χ0n) is 16.8. The number of amidine groups is 1. The van der Waals surface area contributed by atoms with Gasteiger partial charge in [0.05, 0.1) is 12.2 Å². The second kappa shape index (κ2) is 9.06. The molecule has 2 aliphatic heterocycles. The number of nitrogens with one attached hydrogen (secondary N) is 1. The molecule has 0 aromatic carbocycles. The lowest BCUT2D eigenvalue weighted by Crippen LogP contribution is -2.54. The average Bonchev–Trinajstić information content (AvgIpc) is 3.21. The summed E-state index contributed by atoms with van der Waals surface area (Å²) in [6, 6.07) is 4.54. The minimum absolute atomic E-state index is 0.0103. The van der Waals surface area contributed by atoms with Crippen molar-refractivity contribution in [2.45, 2.75) is 31.1 Å². The lowest BCUT2D eigenvalue weighted by molar-refractivity contribution is -0.0353. The molecule has 1 fully saturated rings. The maximum atomic E-state index is 14.9. The van der Waals surface area contributed by atoms with Gasteiger partial charge in [0.1, 0.15) is 35.9 Å². The van der Waals surface area contributed by atoms with E-state index in [9.17, 15) is 13.6 Å². The summed E-state index contributed by atoms with van der Waals surface area (Å²) in [6.07, 6.45) is 2.19. The van der Waals surface area contributed by atoms with Gasteiger partial charge in [0.2, 0.25) is 0 Å². The quantitative estimate of drug-likeness (QED) is 0.669.